The van der Waals surface area contributed by atoms with Gasteiger partial charge in [0.2, 0.25) is 12.0 Å². The number of methoxy groups -OCH3 is 1. The molecule has 0 spiro atoms. The molecule has 3 heterocycles. The van der Waals surface area contributed by atoms with Gasteiger partial charge in [-0.05, 0) is 76.7 Å². The van der Waals surface area contributed by atoms with E-state index in [4.69, 9.17) is 42.7 Å². The predicted molar refractivity (Wildman–Crippen MR) is 209 cm³/mol. The van der Waals surface area contributed by atoms with Crippen LogP contribution in [0.2, 0.25) is 10.2 Å². The van der Waals surface area contributed by atoms with Crippen molar-refractivity contribution in [2.45, 2.75) is 44.2 Å². The second kappa shape index (κ2) is 17.2. The zero-order valence-corrected chi connectivity index (χ0v) is 31.6. The molecule has 1 unspecified atom stereocenters. The lowest BCUT2D eigenvalue weighted by molar-refractivity contribution is -0.145. The third kappa shape index (κ3) is 9.02. The van der Waals surface area contributed by atoms with Gasteiger partial charge < -0.3 is 30.2 Å². The summed E-state index contributed by atoms with van der Waals surface area (Å²) in [5.41, 5.74) is 7.08. The third-order valence-corrected chi connectivity index (χ3v) is 9.99. The van der Waals surface area contributed by atoms with E-state index in [1.165, 1.54) is 7.11 Å². The number of rotatable bonds is 10. The van der Waals surface area contributed by atoms with Gasteiger partial charge in [-0.15, -0.1) is 12.4 Å². The monoisotopic (exact) mass is 797 g/mol. The van der Waals surface area contributed by atoms with Gasteiger partial charge >= 0.3 is 5.97 Å². The highest BCUT2D eigenvalue weighted by molar-refractivity contribution is 6.41. The predicted octanol–water partition coefficient (Wildman–Crippen LogP) is 6.91. The van der Waals surface area contributed by atoms with Crippen LogP contribution in [0.4, 0.5) is 5.69 Å². The van der Waals surface area contributed by atoms with Crippen LogP contribution < -0.4 is 25.4 Å². The summed E-state index contributed by atoms with van der Waals surface area (Å²) in [5, 5.41) is 18.7. The summed E-state index contributed by atoms with van der Waals surface area (Å²) in [6, 6.07) is 28.0. The fraction of sp³-hybridized carbons (Fsp3) is 0.195. The smallest absolute Gasteiger partial charge is 0.328 e. The molecular formula is C41H34Cl3N5O6. The lowest BCUT2D eigenvalue weighted by Crippen LogP contribution is -2.53. The molecule has 5 aromatic rings. The number of hydrogen-bond acceptors (Lipinski definition) is 9. The van der Waals surface area contributed by atoms with Gasteiger partial charge in [0, 0.05) is 30.3 Å². The number of carbonyl (C=O) groups is 3. The Hall–Kier alpha value is -5.64. The molecule has 0 saturated heterocycles. The molecule has 0 saturated carbocycles. The Morgan fingerprint density at radius 1 is 0.982 bits per heavy atom. The molecule has 0 fully saturated rings. The van der Waals surface area contributed by atoms with Gasteiger partial charge in [-0.3, -0.25) is 9.59 Å². The molecule has 14 heteroatoms. The first kappa shape index (κ1) is 39.1. The zero-order valence-electron chi connectivity index (χ0n) is 29.3. The van der Waals surface area contributed by atoms with Gasteiger partial charge in [0.05, 0.1) is 35.5 Å². The number of carbonyl (C=O) groups excluding carboxylic acids is 3. The maximum Gasteiger partial charge on any atom is 0.328 e. The summed E-state index contributed by atoms with van der Waals surface area (Å²) in [5.74, 6) is -0.113. The second-order valence-corrected chi connectivity index (χ2v) is 13.7. The number of nitrogens with one attached hydrogen (secondary N) is 3. The minimum atomic E-state index is -0.903. The first-order valence-electron chi connectivity index (χ1n) is 17.0. The van der Waals surface area contributed by atoms with Crippen molar-refractivity contribution in [2.75, 3.05) is 12.4 Å². The molecule has 2 amide bonds. The van der Waals surface area contributed by atoms with Crippen molar-refractivity contribution >= 4 is 59.1 Å². The number of benzene rings is 4. The topological polar surface area (TPSA) is 152 Å². The SMILES string of the molecule is COC(=O)[C@H](Cc1ccc(-c2ccc(C#N)cc2)cc1)NC(=O)C1Cc2cc3c(cc2CN1)O[C@@H](c1ccc(OCc2cnc(Cl)c(Cl)c2)cc1)C(=O)N3.Cl. The van der Waals surface area contributed by atoms with Crippen LogP contribution in [0.15, 0.2) is 97.2 Å². The van der Waals surface area contributed by atoms with Crippen molar-refractivity contribution in [3.63, 3.8) is 0 Å². The number of nitrogens with zero attached hydrogens (tertiary/aromatic N) is 2. The van der Waals surface area contributed by atoms with Crippen LogP contribution >= 0.6 is 35.6 Å². The molecule has 2 aliphatic rings. The van der Waals surface area contributed by atoms with Gasteiger partial charge in [0.15, 0.2) is 0 Å². The maximum atomic E-state index is 13.5. The van der Waals surface area contributed by atoms with Crippen molar-refractivity contribution in [3.05, 3.63) is 141 Å². The average Bonchev–Trinajstić information content (AvgIpc) is 3.20. The Morgan fingerprint density at radius 3 is 2.36 bits per heavy atom. The first-order valence-corrected chi connectivity index (χ1v) is 17.8. The molecule has 1 aromatic heterocycles. The van der Waals surface area contributed by atoms with Crippen LogP contribution in [0.3, 0.4) is 0 Å². The van der Waals surface area contributed by atoms with Gasteiger partial charge in [-0.1, -0.05) is 71.7 Å². The van der Waals surface area contributed by atoms with Gasteiger partial charge in [-0.25, -0.2) is 9.78 Å². The Kier molecular flexibility index (Phi) is 12.2. The van der Waals surface area contributed by atoms with Crippen LogP contribution in [0.5, 0.6) is 11.5 Å². The number of aromatic nitrogens is 1. The summed E-state index contributed by atoms with van der Waals surface area (Å²) >= 11 is 11.9. The number of anilines is 1. The Bertz CT molecular complexity index is 2260. The van der Waals surface area contributed by atoms with E-state index in [-0.39, 0.29) is 42.4 Å². The Morgan fingerprint density at radius 2 is 1.69 bits per heavy atom. The molecule has 11 nitrogen and oxygen atoms in total. The molecule has 55 heavy (non-hydrogen) atoms. The maximum absolute atomic E-state index is 13.5. The molecule has 4 aromatic carbocycles. The van der Waals surface area contributed by atoms with Crippen LogP contribution in [0, 0.1) is 11.3 Å². The molecule has 2 aliphatic heterocycles. The van der Waals surface area contributed by atoms with Gasteiger partial charge in [-0.2, -0.15) is 5.26 Å². The number of esters is 1. The summed E-state index contributed by atoms with van der Waals surface area (Å²) in [4.78, 5) is 43.5. The number of pyridine rings is 1. The normalized spacial score (nSPS) is 16.1. The van der Waals surface area contributed by atoms with Crippen LogP contribution in [-0.4, -0.2) is 42.0 Å². The number of amides is 2. The molecular weight excluding hydrogens is 765 g/mol. The van der Waals surface area contributed by atoms with E-state index in [0.717, 1.165) is 33.4 Å². The van der Waals surface area contributed by atoms with Gasteiger partial charge in [0.1, 0.15) is 29.3 Å². The van der Waals surface area contributed by atoms with Crippen molar-refractivity contribution in [1.82, 2.24) is 15.6 Å². The molecule has 7 rings (SSSR count). The number of ether oxygens (including phenoxy) is 3. The highest BCUT2D eigenvalue weighted by Gasteiger charge is 2.33. The van der Waals surface area contributed by atoms with Crippen molar-refractivity contribution in [3.8, 4) is 28.7 Å². The minimum absolute atomic E-state index is 0. The number of halogens is 3. The summed E-state index contributed by atoms with van der Waals surface area (Å²) in [6.45, 7) is 0.616. The largest absolute Gasteiger partial charge is 0.489 e. The van der Waals surface area contributed by atoms with Crippen LogP contribution in [-0.2, 0) is 45.1 Å². The minimum Gasteiger partial charge on any atom is -0.489 e. The molecule has 3 atom stereocenters. The molecule has 0 radical (unpaired) electrons. The molecule has 0 bridgehead atoms. The van der Waals surface area contributed by atoms with E-state index in [1.54, 1.807) is 48.7 Å². The standard InChI is InChI=1S/C41H33Cl2N5O6.ClH/c1-52-41(51)35(15-23-2-6-26(7-3-23)27-8-4-24(19-44)5-9-27)48-39(49)34-17-29-16-33-36(18-30(29)21-45-34)54-37(40(50)47-33)28-10-12-31(13-11-28)53-22-25-14-32(42)38(43)46-20-25;/h2-14,16,18,20,34-35,37,45H,15,17,21-22H2,1H3,(H,47,50)(H,48,49);1H/t34?,35-,37-;/m0./s1. The highest BCUT2D eigenvalue weighted by Crippen LogP contribution is 2.38. The quantitative estimate of drug-likeness (QED) is 0.101. The summed E-state index contributed by atoms with van der Waals surface area (Å²) < 4.78 is 17.1. The fourth-order valence-corrected chi connectivity index (χ4v) is 6.68. The number of nitriles is 1. The average molecular weight is 799 g/mol. The summed E-state index contributed by atoms with van der Waals surface area (Å²) in [6.07, 6.45) is 1.29. The first-order chi connectivity index (χ1) is 26.2. The highest BCUT2D eigenvalue weighted by atomic mass is 35.5. The number of hydrogen-bond donors (Lipinski definition) is 3. The fourth-order valence-electron chi connectivity index (χ4n) is 6.38. The van der Waals surface area contributed by atoms with E-state index < -0.39 is 24.2 Å². The third-order valence-electron chi connectivity index (χ3n) is 9.31. The van der Waals surface area contributed by atoms with Gasteiger partial charge in [0.25, 0.3) is 5.91 Å². The van der Waals surface area contributed by atoms with E-state index in [9.17, 15) is 14.4 Å². The van der Waals surface area contributed by atoms with Crippen LogP contribution in [0.1, 0.15) is 39.5 Å². The second-order valence-electron chi connectivity index (χ2n) is 12.9. The Balaban J connectivity index is 0.00000514. The summed E-state index contributed by atoms with van der Waals surface area (Å²) in [7, 11) is 1.29. The van der Waals surface area contributed by atoms with Crippen LogP contribution in [0.25, 0.3) is 11.1 Å². The van der Waals surface area contributed by atoms with E-state index >= 15 is 0 Å². The molecule has 3 N–H and O–H groups in total. The molecule has 280 valence electrons. The van der Waals surface area contributed by atoms with E-state index in [1.807, 2.05) is 48.5 Å². The zero-order chi connectivity index (χ0) is 37.8. The van der Waals surface area contributed by atoms with Crippen molar-refractivity contribution in [1.29, 1.82) is 5.26 Å². The number of fused-ring (bicyclic) bond motifs is 2. The molecule has 0 aliphatic carbocycles. The van der Waals surface area contributed by atoms with Crippen molar-refractivity contribution < 1.29 is 28.6 Å². The van der Waals surface area contributed by atoms with E-state index in [2.05, 4.69) is 27.0 Å². The lowest BCUT2D eigenvalue weighted by atomic mass is 9.93. The Labute approximate surface area is 333 Å². The van der Waals surface area contributed by atoms with E-state index in [0.29, 0.717) is 46.3 Å². The lowest BCUT2D eigenvalue weighted by Gasteiger charge is -2.31. The van der Waals surface area contributed by atoms with Crippen molar-refractivity contribution in [2.24, 2.45) is 0 Å².